The van der Waals surface area contributed by atoms with Crippen molar-refractivity contribution in [1.29, 1.82) is 0 Å². The molecule has 5 nitrogen and oxygen atoms in total. The second-order valence-corrected chi connectivity index (χ2v) is 6.58. The highest BCUT2D eigenvalue weighted by Crippen LogP contribution is 2.13. The average molecular weight is 356 g/mol. The number of nitrogens with zero attached hydrogens (tertiary/aromatic N) is 2. The lowest BCUT2D eigenvalue weighted by Gasteiger charge is -2.39. The molecule has 1 aromatic heterocycles. The minimum atomic E-state index is -0.0926. The van der Waals surface area contributed by atoms with Crippen molar-refractivity contribution in [3.8, 4) is 0 Å². The maximum Gasteiger partial charge on any atom is 0.252 e. The predicted molar refractivity (Wildman–Crippen MR) is 85.3 cm³/mol. The second-order valence-electron chi connectivity index (χ2n) is 5.66. The van der Waals surface area contributed by atoms with Gasteiger partial charge in [0.1, 0.15) is 0 Å². The first-order chi connectivity index (χ1) is 9.95. The molecule has 0 bridgehead atoms. The van der Waals surface area contributed by atoms with Crippen LogP contribution in [0.4, 0.5) is 0 Å². The zero-order chi connectivity index (χ0) is 15.4. The van der Waals surface area contributed by atoms with Crippen LogP contribution in [0.15, 0.2) is 22.9 Å². The normalized spacial score (nSPS) is 24.6. The van der Waals surface area contributed by atoms with Gasteiger partial charge in [0.25, 0.3) is 5.91 Å². The lowest BCUT2D eigenvalue weighted by molar-refractivity contribution is -0.0778. The van der Waals surface area contributed by atoms with E-state index in [9.17, 15) is 4.79 Å². The molecule has 1 amide bonds. The van der Waals surface area contributed by atoms with Gasteiger partial charge in [0.05, 0.1) is 17.8 Å². The summed E-state index contributed by atoms with van der Waals surface area (Å²) in [6.07, 6.45) is 3.71. The van der Waals surface area contributed by atoms with Crippen LogP contribution >= 0.6 is 15.9 Å². The summed E-state index contributed by atoms with van der Waals surface area (Å²) >= 11 is 3.32. The van der Waals surface area contributed by atoms with E-state index in [2.05, 4.69) is 51.9 Å². The van der Waals surface area contributed by atoms with Gasteiger partial charge in [0, 0.05) is 42.5 Å². The Hall–Kier alpha value is -0.980. The summed E-state index contributed by atoms with van der Waals surface area (Å²) in [4.78, 5) is 18.5. The molecule has 3 atom stereocenters. The molecule has 1 saturated heterocycles. The molecule has 0 radical (unpaired) electrons. The number of rotatable bonds is 4. The number of aromatic nitrogens is 1. The fraction of sp³-hybridized carbons (Fsp3) is 0.600. The van der Waals surface area contributed by atoms with E-state index in [0.717, 1.165) is 17.6 Å². The molecule has 1 aromatic rings. The molecule has 1 aliphatic rings. The molecule has 2 heterocycles. The molecule has 21 heavy (non-hydrogen) atoms. The highest BCUT2D eigenvalue weighted by molar-refractivity contribution is 9.10. The Labute approximate surface area is 134 Å². The lowest BCUT2D eigenvalue weighted by Crippen LogP contribution is -2.52. The maximum atomic E-state index is 12.1. The van der Waals surface area contributed by atoms with E-state index in [4.69, 9.17) is 4.74 Å². The van der Waals surface area contributed by atoms with Crippen molar-refractivity contribution >= 4 is 21.8 Å². The van der Waals surface area contributed by atoms with Crippen LogP contribution < -0.4 is 5.32 Å². The first-order valence-corrected chi connectivity index (χ1v) is 8.03. The molecule has 0 saturated carbocycles. The topological polar surface area (TPSA) is 54.5 Å². The van der Waals surface area contributed by atoms with Crippen LogP contribution in [0.2, 0.25) is 0 Å². The van der Waals surface area contributed by atoms with Gasteiger partial charge in [-0.15, -0.1) is 0 Å². The molecule has 6 heteroatoms. The van der Waals surface area contributed by atoms with Gasteiger partial charge in [-0.1, -0.05) is 0 Å². The van der Waals surface area contributed by atoms with E-state index in [0.29, 0.717) is 12.1 Å². The third-order valence-electron chi connectivity index (χ3n) is 3.60. The number of ether oxygens (including phenoxy) is 1. The maximum absolute atomic E-state index is 12.1. The van der Waals surface area contributed by atoms with Gasteiger partial charge in [0.2, 0.25) is 0 Å². The Kier molecular flexibility index (Phi) is 5.72. The zero-order valence-electron chi connectivity index (χ0n) is 12.7. The van der Waals surface area contributed by atoms with Crippen molar-refractivity contribution in [1.82, 2.24) is 15.2 Å². The SMILES string of the molecule is CC1CN(C(C)CNC(=O)c2cncc(Br)c2)CC(C)O1. The number of hydrogen-bond donors (Lipinski definition) is 1. The van der Waals surface area contributed by atoms with Crippen LogP contribution in [-0.4, -0.2) is 53.7 Å². The Bertz CT molecular complexity index is 488. The molecular weight excluding hydrogens is 334 g/mol. The second kappa shape index (κ2) is 7.33. The molecule has 1 fully saturated rings. The molecule has 3 unspecified atom stereocenters. The van der Waals surface area contributed by atoms with Crippen molar-refractivity contribution in [3.63, 3.8) is 0 Å². The van der Waals surface area contributed by atoms with Gasteiger partial charge in [-0.2, -0.15) is 0 Å². The molecule has 0 spiro atoms. The number of amides is 1. The third kappa shape index (κ3) is 4.76. The molecule has 1 N–H and O–H groups in total. The molecule has 2 rings (SSSR count). The summed E-state index contributed by atoms with van der Waals surface area (Å²) in [6.45, 7) is 8.72. The highest BCUT2D eigenvalue weighted by Gasteiger charge is 2.25. The number of carbonyl (C=O) groups is 1. The van der Waals surface area contributed by atoms with Gasteiger partial charge in [-0.3, -0.25) is 14.7 Å². The third-order valence-corrected chi connectivity index (χ3v) is 4.03. The quantitative estimate of drug-likeness (QED) is 0.898. The summed E-state index contributed by atoms with van der Waals surface area (Å²) in [5.74, 6) is -0.0926. The Balaban J connectivity index is 1.86. The number of carbonyl (C=O) groups excluding carboxylic acids is 1. The smallest absolute Gasteiger partial charge is 0.252 e. The largest absolute Gasteiger partial charge is 0.373 e. The van der Waals surface area contributed by atoms with E-state index in [1.807, 2.05) is 0 Å². The molecule has 0 aliphatic carbocycles. The Morgan fingerprint density at radius 1 is 1.48 bits per heavy atom. The van der Waals surface area contributed by atoms with Gasteiger partial charge < -0.3 is 10.1 Å². The number of halogens is 1. The number of morpholine rings is 1. The van der Waals surface area contributed by atoms with Crippen LogP contribution in [-0.2, 0) is 4.74 Å². The Morgan fingerprint density at radius 2 is 2.14 bits per heavy atom. The first kappa shape index (κ1) is 16.4. The van der Waals surface area contributed by atoms with E-state index >= 15 is 0 Å². The van der Waals surface area contributed by atoms with Crippen molar-refractivity contribution in [2.24, 2.45) is 0 Å². The molecule has 116 valence electrons. The zero-order valence-corrected chi connectivity index (χ0v) is 14.3. The number of nitrogens with one attached hydrogen (secondary N) is 1. The van der Waals surface area contributed by atoms with Crippen LogP contribution in [0.5, 0.6) is 0 Å². The number of hydrogen-bond acceptors (Lipinski definition) is 4. The lowest BCUT2D eigenvalue weighted by atomic mass is 10.1. The van der Waals surface area contributed by atoms with Crippen molar-refractivity contribution in [3.05, 3.63) is 28.5 Å². The first-order valence-electron chi connectivity index (χ1n) is 7.24. The van der Waals surface area contributed by atoms with E-state index in [1.165, 1.54) is 0 Å². The van der Waals surface area contributed by atoms with Gasteiger partial charge in [0.15, 0.2) is 0 Å². The minimum Gasteiger partial charge on any atom is -0.373 e. The summed E-state index contributed by atoms with van der Waals surface area (Å²) in [7, 11) is 0. The van der Waals surface area contributed by atoms with Crippen LogP contribution in [0.3, 0.4) is 0 Å². The van der Waals surface area contributed by atoms with E-state index in [-0.39, 0.29) is 24.2 Å². The standard InChI is InChI=1S/C15H22BrN3O2/c1-10(19-8-11(2)21-12(3)9-19)5-18-15(20)13-4-14(16)7-17-6-13/h4,6-7,10-12H,5,8-9H2,1-3H3,(H,18,20). The van der Waals surface area contributed by atoms with E-state index in [1.54, 1.807) is 18.5 Å². The fourth-order valence-corrected chi connectivity index (χ4v) is 2.95. The van der Waals surface area contributed by atoms with Crippen molar-refractivity contribution in [2.75, 3.05) is 19.6 Å². The monoisotopic (exact) mass is 355 g/mol. The van der Waals surface area contributed by atoms with Crippen LogP contribution in [0, 0.1) is 0 Å². The summed E-state index contributed by atoms with van der Waals surface area (Å²) < 4.78 is 6.54. The van der Waals surface area contributed by atoms with Gasteiger partial charge >= 0.3 is 0 Å². The van der Waals surface area contributed by atoms with Gasteiger partial charge in [-0.05, 0) is 42.8 Å². The molecular formula is C15H22BrN3O2. The highest BCUT2D eigenvalue weighted by atomic mass is 79.9. The molecule has 0 aromatic carbocycles. The summed E-state index contributed by atoms with van der Waals surface area (Å²) in [5.41, 5.74) is 0.570. The van der Waals surface area contributed by atoms with E-state index < -0.39 is 0 Å². The van der Waals surface area contributed by atoms with Crippen LogP contribution in [0.25, 0.3) is 0 Å². The Morgan fingerprint density at radius 3 is 2.76 bits per heavy atom. The minimum absolute atomic E-state index is 0.0926. The fourth-order valence-electron chi connectivity index (χ4n) is 2.59. The average Bonchev–Trinajstić information content (AvgIpc) is 2.43. The number of pyridine rings is 1. The van der Waals surface area contributed by atoms with Crippen molar-refractivity contribution in [2.45, 2.75) is 39.0 Å². The van der Waals surface area contributed by atoms with Gasteiger partial charge in [-0.25, -0.2) is 0 Å². The predicted octanol–water partition coefficient (Wildman–Crippen LogP) is 2.07. The summed E-state index contributed by atoms with van der Waals surface area (Å²) in [5, 5.41) is 2.97. The summed E-state index contributed by atoms with van der Waals surface area (Å²) in [6, 6.07) is 2.05. The van der Waals surface area contributed by atoms with Crippen LogP contribution in [0.1, 0.15) is 31.1 Å². The van der Waals surface area contributed by atoms with Crippen molar-refractivity contribution < 1.29 is 9.53 Å². The molecule has 1 aliphatic heterocycles.